The number of aromatic nitrogens is 2. The second-order valence-electron chi connectivity index (χ2n) is 14.0. The van der Waals surface area contributed by atoms with E-state index in [2.05, 4.69) is 58.7 Å². The number of nitrogens with zero attached hydrogens (tertiary/aromatic N) is 3. The van der Waals surface area contributed by atoms with Gasteiger partial charge in [-0.25, -0.2) is 14.8 Å². The largest absolute Gasteiger partial charge is 0.353 e. The van der Waals surface area contributed by atoms with Crippen molar-refractivity contribution < 1.29 is 14.4 Å². The van der Waals surface area contributed by atoms with Crippen molar-refractivity contribution in [2.45, 2.75) is 104 Å². The standard InChI is InChI=1S/C40H53N5O3S2/c1-27(2)38(44-40(48)45(6)24-34-25-49-39(43-34)28(3)4)35(46)23-32(21-30-13-9-7-10-14-30)17-18-33(22-31-15-11-8-12-16-31)42-37(47)20-19-36-29(5)41-26-50-36/h7-16,25-28,32-33,38H,17-24H2,1-6H3,(H,42,47)(H,44,48)/t32-,33-,38+/m1/s1. The van der Waals surface area contributed by atoms with Crippen LogP contribution in [0.3, 0.4) is 0 Å². The first-order valence-corrected chi connectivity index (χ1v) is 19.5. The van der Waals surface area contributed by atoms with E-state index < -0.39 is 6.04 Å². The zero-order chi connectivity index (χ0) is 36.0. The molecule has 3 amide bonds. The van der Waals surface area contributed by atoms with E-state index in [-0.39, 0.29) is 35.6 Å². The van der Waals surface area contributed by atoms with Crippen LogP contribution in [0.15, 0.2) is 71.6 Å². The molecule has 0 unspecified atom stereocenters. The van der Waals surface area contributed by atoms with E-state index in [4.69, 9.17) is 0 Å². The fraction of sp³-hybridized carbons (Fsp3) is 0.475. The Balaban J connectivity index is 1.43. The van der Waals surface area contributed by atoms with Gasteiger partial charge in [0.25, 0.3) is 0 Å². The molecule has 0 spiro atoms. The van der Waals surface area contributed by atoms with Crippen molar-refractivity contribution >= 4 is 40.4 Å². The predicted octanol–water partition coefficient (Wildman–Crippen LogP) is 8.16. The molecule has 0 saturated carbocycles. The van der Waals surface area contributed by atoms with E-state index in [0.717, 1.165) is 46.1 Å². The number of amides is 3. The molecule has 0 bridgehead atoms. The van der Waals surface area contributed by atoms with E-state index in [1.54, 1.807) is 34.6 Å². The molecule has 268 valence electrons. The Bertz CT molecular complexity index is 1640. The molecular formula is C40H53N5O3S2. The molecule has 50 heavy (non-hydrogen) atoms. The molecule has 4 aromatic rings. The zero-order valence-corrected chi connectivity index (χ0v) is 32.0. The van der Waals surface area contributed by atoms with Gasteiger partial charge in [0.2, 0.25) is 5.91 Å². The first-order chi connectivity index (χ1) is 24.0. The molecule has 4 rings (SSSR count). The van der Waals surface area contributed by atoms with Gasteiger partial charge in [0, 0.05) is 42.1 Å². The van der Waals surface area contributed by atoms with Crippen molar-refractivity contribution in [1.29, 1.82) is 0 Å². The monoisotopic (exact) mass is 715 g/mol. The van der Waals surface area contributed by atoms with E-state index in [9.17, 15) is 14.4 Å². The van der Waals surface area contributed by atoms with Crippen molar-refractivity contribution in [3.63, 3.8) is 0 Å². The first kappa shape index (κ1) is 38.9. The predicted molar refractivity (Wildman–Crippen MR) is 205 cm³/mol. The lowest BCUT2D eigenvalue weighted by molar-refractivity contribution is -0.123. The van der Waals surface area contributed by atoms with Crippen LogP contribution in [0.25, 0.3) is 0 Å². The summed E-state index contributed by atoms with van der Waals surface area (Å²) in [6.07, 6.45) is 4.36. The summed E-state index contributed by atoms with van der Waals surface area (Å²) < 4.78 is 0. The third-order valence-corrected chi connectivity index (χ3v) is 11.2. The summed E-state index contributed by atoms with van der Waals surface area (Å²) in [4.78, 5) is 52.2. The fourth-order valence-electron chi connectivity index (χ4n) is 6.13. The fourth-order valence-corrected chi connectivity index (χ4v) is 7.73. The quantitative estimate of drug-likeness (QED) is 0.102. The molecule has 0 aliphatic heterocycles. The van der Waals surface area contributed by atoms with Crippen molar-refractivity contribution in [1.82, 2.24) is 25.5 Å². The van der Waals surface area contributed by atoms with Crippen LogP contribution in [-0.2, 0) is 35.4 Å². The highest BCUT2D eigenvalue weighted by Crippen LogP contribution is 2.24. The van der Waals surface area contributed by atoms with Gasteiger partial charge in [0.05, 0.1) is 34.5 Å². The van der Waals surface area contributed by atoms with Crippen LogP contribution >= 0.6 is 22.7 Å². The Morgan fingerprint density at radius 3 is 2.10 bits per heavy atom. The lowest BCUT2D eigenvalue weighted by Crippen LogP contribution is -2.49. The number of thiazole rings is 2. The average molecular weight is 716 g/mol. The SMILES string of the molecule is Cc1ncsc1CCC(=O)N[C@H](CC[C@@H](CC(=O)[C@@H](NC(=O)N(C)Cc1csc(C(C)C)n1)C(C)C)Cc1ccccc1)Cc1ccccc1. The van der Waals surface area contributed by atoms with Gasteiger partial charge in [-0.1, -0.05) is 88.4 Å². The van der Waals surface area contributed by atoms with E-state index in [1.165, 1.54) is 5.56 Å². The lowest BCUT2D eigenvalue weighted by atomic mass is 9.85. The lowest BCUT2D eigenvalue weighted by Gasteiger charge is -2.27. The molecule has 0 saturated heterocycles. The molecule has 2 heterocycles. The maximum atomic E-state index is 14.0. The van der Waals surface area contributed by atoms with E-state index >= 15 is 0 Å². The minimum absolute atomic E-state index is 0.0270. The average Bonchev–Trinajstić information content (AvgIpc) is 3.74. The summed E-state index contributed by atoms with van der Waals surface area (Å²) in [6.45, 7) is 10.5. The van der Waals surface area contributed by atoms with Crippen LogP contribution in [0, 0.1) is 18.8 Å². The van der Waals surface area contributed by atoms with Crippen LogP contribution in [0.5, 0.6) is 0 Å². The van der Waals surface area contributed by atoms with Gasteiger partial charge in [-0.05, 0) is 62.0 Å². The minimum atomic E-state index is -0.611. The van der Waals surface area contributed by atoms with Gasteiger partial charge in [-0.2, -0.15) is 0 Å². The van der Waals surface area contributed by atoms with Crippen molar-refractivity contribution in [3.05, 3.63) is 104 Å². The van der Waals surface area contributed by atoms with Gasteiger partial charge in [0.1, 0.15) is 0 Å². The number of carbonyl (C=O) groups is 3. The van der Waals surface area contributed by atoms with E-state index in [0.29, 0.717) is 38.1 Å². The molecular weight excluding hydrogens is 663 g/mol. The van der Waals surface area contributed by atoms with Crippen LogP contribution in [-0.4, -0.2) is 51.7 Å². The highest BCUT2D eigenvalue weighted by atomic mass is 32.1. The van der Waals surface area contributed by atoms with Crippen molar-refractivity contribution in [2.75, 3.05) is 7.05 Å². The maximum Gasteiger partial charge on any atom is 0.318 e. The molecule has 0 aliphatic rings. The van der Waals surface area contributed by atoms with Crippen LogP contribution < -0.4 is 10.6 Å². The Hall–Kier alpha value is -3.89. The number of rotatable bonds is 19. The smallest absolute Gasteiger partial charge is 0.318 e. The number of benzene rings is 2. The molecule has 8 nitrogen and oxygen atoms in total. The number of ketones is 1. The van der Waals surface area contributed by atoms with Crippen molar-refractivity contribution in [2.24, 2.45) is 11.8 Å². The summed E-state index contributed by atoms with van der Waals surface area (Å²) in [5.41, 5.74) is 5.99. The Morgan fingerprint density at radius 2 is 1.52 bits per heavy atom. The number of urea groups is 1. The Labute approximate surface area is 306 Å². The number of carbonyl (C=O) groups excluding carboxylic acids is 3. The van der Waals surface area contributed by atoms with Gasteiger partial charge in [-0.15, -0.1) is 22.7 Å². The summed E-state index contributed by atoms with van der Waals surface area (Å²) >= 11 is 3.20. The van der Waals surface area contributed by atoms with Crippen LogP contribution in [0.2, 0.25) is 0 Å². The zero-order valence-electron chi connectivity index (χ0n) is 30.4. The molecule has 0 aliphatic carbocycles. The normalized spacial score (nSPS) is 13.2. The minimum Gasteiger partial charge on any atom is -0.353 e. The topological polar surface area (TPSA) is 104 Å². The maximum absolute atomic E-state index is 14.0. The third kappa shape index (κ3) is 12.5. The molecule has 2 N–H and O–H groups in total. The Morgan fingerprint density at radius 1 is 0.860 bits per heavy atom. The number of aryl methyl sites for hydroxylation is 2. The highest BCUT2D eigenvalue weighted by Gasteiger charge is 2.28. The van der Waals surface area contributed by atoms with Gasteiger partial charge < -0.3 is 15.5 Å². The van der Waals surface area contributed by atoms with Gasteiger partial charge in [0.15, 0.2) is 5.78 Å². The third-order valence-electron chi connectivity index (χ3n) is 9.00. The van der Waals surface area contributed by atoms with Crippen molar-refractivity contribution in [3.8, 4) is 0 Å². The molecule has 0 radical (unpaired) electrons. The summed E-state index contributed by atoms with van der Waals surface area (Å²) in [5.74, 6) is 0.362. The van der Waals surface area contributed by atoms with Gasteiger partial charge >= 0.3 is 6.03 Å². The molecule has 2 aromatic carbocycles. The summed E-state index contributed by atoms with van der Waals surface area (Å²) in [5, 5.41) is 9.40. The second kappa shape index (κ2) is 19.5. The number of hydrogen-bond acceptors (Lipinski definition) is 7. The number of nitrogens with one attached hydrogen (secondary N) is 2. The number of hydrogen-bond donors (Lipinski definition) is 2. The van der Waals surface area contributed by atoms with E-state index in [1.807, 2.05) is 68.1 Å². The summed E-state index contributed by atoms with van der Waals surface area (Å²) in [7, 11) is 1.74. The second-order valence-corrected chi connectivity index (χ2v) is 15.8. The molecule has 0 fully saturated rings. The summed E-state index contributed by atoms with van der Waals surface area (Å²) in [6, 6.07) is 19.5. The number of Topliss-reactive ketones (excluding diaryl/α,β-unsaturated/α-hetero) is 1. The highest BCUT2D eigenvalue weighted by molar-refractivity contribution is 7.10. The first-order valence-electron chi connectivity index (χ1n) is 17.7. The molecule has 2 aromatic heterocycles. The van der Waals surface area contributed by atoms with Crippen LogP contribution in [0.1, 0.15) is 91.7 Å². The molecule has 3 atom stereocenters. The van der Waals surface area contributed by atoms with Crippen LogP contribution in [0.4, 0.5) is 4.79 Å². The van der Waals surface area contributed by atoms with Gasteiger partial charge in [-0.3, -0.25) is 9.59 Å². The Kier molecular flexibility index (Phi) is 15.2. The molecule has 10 heteroatoms.